The maximum absolute atomic E-state index is 6.11. The molecule has 0 atom stereocenters. The summed E-state index contributed by atoms with van der Waals surface area (Å²) in [5, 5.41) is 3.36. The average molecular weight is 327 g/mol. The minimum absolute atomic E-state index is 0.257. The van der Waals surface area contributed by atoms with Crippen LogP contribution in [0.4, 0.5) is 11.5 Å². The van der Waals surface area contributed by atoms with Crippen LogP contribution >= 0.6 is 0 Å². The molecular formula is C19H25N3O2. The van der Waals surface area contributed by atoms with E-state index in [-0.39, 0.29) is 6.10 Å². The molecule has 1 aliphatic rings. The minimum atomic E-state index is 0.257. The molecule has 1 aromatic heterocycles. The van der Waals surface area contributed by atoms with Gasteiger partial charge in [-0.25, -0.2) is 9.97 Å². The van der Waals surface area contributed by atoms with Crippen LogP contribution in [0.3, 0.4) is 0 Å². The Bertz CT molecular complexity index is 697. The molecule has 2 aromatic rings. The Kier molecular flexibility index (Phi) is 5.30. The van der Waals surface area contributed by atoms with Gasteiger partial charge in [0, 0.05) is 30.3 Å². The highest BCUT2D eigenvalue weighted by Crippen LogP contribution is 2.26. The molecule has 0 bridgehead atoms. The van der Waals surface area contributed by atoms with Crippen LogP contribution in [0.2, 0.25) is 0 Å². The number of aryl methyl sites for hydroxylation is 3. The maximum atomic E-state index is 6.11. The molecule has 0 spiro atoms. The summed E-state index contributed by atoms with van der Waals surface area (Å²) in [7, 11) is 0. The van der Waals surface area contributed by atoms with Crippen molar-refractivity contribution in [3.8, 4) is 5.75 Å². The molecule has 0 radical (unpaired) electrons. The zero-order valence-electron chi connectivity index (χ0n) is 14.6. The zero-order chi connectivity index (χ0) is 16.9. The first-order valence-electron chi connectivity index (χ1n) is 8.60. The van der Waals surface area contributed by atoms with Gasteiger partial charge in [-0.2, -0.15) is 0 Å². The number of nitrogens with one attached hydrogen (secondary N) is 1. The average Bonchev–Trinajstić information content (AvgIpc) is 2.58. The molecule has 0 amide bonds. The maximum Gasteiger partial charge on any atom is 0.134 e. The van der Waals surface area contributed by atoms with Crippen LogP contribution in [-0.4, -0.2) is 29.3 Å². The summed E-state index contributed by atoms with van der Waals surface area (Å²) in [6.07, 6.45) is 3.07. The smallest absolute Gasteiger partial charge is 0.134 e. The molecule has 2 heterocycles. The lowest BCUT2D eigenvalue weighted by Gasteiger charge is -2.24. The summed E-state index contributed by atoms with van der Waals surface area (Å²) in [4.78, 5) is 8.86. The molecule has 3 rings (SSSR count). The molecular weight excluding hydrogens is 302 g/mol. The second-order valence-electron chi connectivity index (χ2n) is 6.18. The third-order valence-corrected chi connectivity index (χ3v) is 4.16. The third-order valence-electron chi connectivity index (χ3n) is 4.16. The van der Waals surface area contributed by atoms with Crippen molar-refractivity contribution < 1.29 is 9.47 Å². The van der Waals surface area contributed by atoms with E-state index < -0.39 is 0 Å². The molecule has 1 N–H and O–H groups in total. The number of anilines is 2. The molecule has 24 heavy (non-hydrogen) atoms. The summed E-state index contributed by atoms with van der Waals surface area (Å²) in [6.45, 7) is 7.66. The summed E-state index contributed by atoms with van der Waals surface area (Å²) in [5.74, 6) is 2.56. The van der Waals surface area contributed by atoms with Crippen molar-refractivity contribution in [3.63, 3.8) is 0 Å². The van der Waals surface area contributed by atoms with Crippen molar-refractivity contribution in [2.45, 2.75) is 46.1 Å². The largest absolute Gasteiger partial charge is 0.490 e. The molecule has 5 nitrogen and oxygen atoms in total. The van der Waals surface area contributed by atoms with Crippen LogP contribution in [-0.2, 0) is 11.2 Å². The highest BCUT2D eigenvalue weighted by atomic mass is 16.5. The topological polar surface area (TPSA) is 56.3 Å². The second-order valence-corrected chi connectivity index (χ2v) is 6.18. The van der Waals surface area contributed by atoms with Gasteiger partial charge in [0.2, 0.25) is 0 Å². The molecule has 0 aliphatic carbocycles. The van der Waals surface area contributed by atoms with Crippen molar-refractivity contribution in [2.75, 3.05) is 18.5 Å². The van der Waals surface area contributed by atoms with Crippen LogP contribution in [0.1, 0.15) is 36.8 Å². The lowest BCUT2D eigenvalue weighted by Crippen LogP contribution is -2.26. The fourth-order valence-corrected chi connectivity index (χ4v) is 2.86. The van der Waals surface area contributed by atoms with E-state index in [0.717, 1.165) is 66.8 Å². The van der Waals surface area contributed by atoms with Gasteiger partial charge >= 0.3 is 0 Å². The summed E-state index contributed by atoms with van der Waals surface area (Å²) < 4.78 is 11.5. The number of nitrogens with zero attached hydrogens (tertiary/aromatic N) is 2. The van der Waals surface area contributed by atoms with Crippen LogP contribution in [0.15, 0.2) is 24.3 Å². The highest BCUT2D eigenvalue weighted by Gasteiger charge is 2.16. The zero-order valence-corrected chi connectivity index (χ0v) is 14.6. The number of ether oxygens (including phenoxy) is 2. The fraction of sp³-hybridized carbons (Fsp3) is 0.474. The molecule has 1 saturated heterocycles. The first kappa shape index (κ1) is 16.7. The van der Waals surface area contributed by atoms with Crippen molar-refractivity contribution in [3.05, 3.63) is 41.3 Å². The monoisotopic (exact) mass is 327 g/mol. The van der Waals surface area contributed by atoms with Gasteiger partial charge in [-0.3, -0.25) is 0 Å². The number of benzene rings is 1. The normalized spacial score (nSPS) is 15.3. The Morgan fingerprint density at radius 3 is 2.67 bits per heavy atom. The summed E-state index contributed by atoms with van der Waals surface area (Å²) in [5.41, 5.74) is 3.17. The highest BCUT2D eigenvalue weighted by molar-refractivity contribution is 5.59. The molecule has 0 unspecified atom stereocenters. The minimum Gasteiger partial charge on any atom is -0.490 e. The van der Waals surface area contributed by atoms with Gasteiger partial charge in [-0.05, 0) is 44.0 Å². The number of rotatable bonds is 5. The molecule has 1 aliphatic heterocycles. The Balaban J connectivity index is 1.71. The predicted octanol–water partition coefficient (Wildman–Crippen LogP) is 3.96. The van der Waals surface area contributed by atoms with Gasteiger partial charge in [0.25, 0.3) is 0 Å². The van der Waals surface area contributed by atoms with Crippen molar-refractivity contribution in [1.82, 2.24) is 9.97 Å². The van der Waals surface area contributed by atoms with Crippen molar-refractivity contribution >= 4 is 11.5 Å². The first-order valence-corrected chi connectivity index (χ1v) is 8.60. The van der Waals surface area contributed by atoms with Gasteiger partial charge in [0.1, 0.15) is 23.5 Å². The van der Waals surface area contributed by atoms with E-state index in [1.807, 2.05) is 25.1 Å². The Morgan fingerprint density at radius 1 is 1.17 bits per heavy atom. The Labute approximate surface area is 143 Å². The Hall–Kier alpha value is -2.14. The fourth-order valence-electron chi connectivity index (χ4n) is 2.86. The van der Waals surface area contributed by atoms with Crippen LogP contribution < -0.4 is 10.1 Å². The molecule has 1 fully saturated rings. The molecule has 0 saturated carbocycles. The lowest BCUT2D eigenvalue weighted by molar-refractivity contribution is 0.0253. The van der Waals surface area contributed by atoms with Crippen molar-refractivity contribution in [1.29, 1.82) is 0 Å². The van der Waals surface area contributed by atoms with E-state index in [1.54, 1.807) is 0 Å². The predicted molar refractivity (Wildman–Crippen MR) is 95.1 cm³/mol. The molecule has 1 aromatic carbocycles. The standard InChI is InChI=1S/C19H25N3O2/c1-4-15-12-19(21-14(3)20-15)22-16-5-6-18(13(2)11-16)24-17-7-9-23-10-8-17/h5-6,11-12,17H,4,7-10H2,1-3H3,(H,20,21,22). The van der Waals surface area contributed by atoms with Crippen LogP contribution in [0, 0.1) is 13.8 Å². The van der Waals surface area contributed by atoms with Gasteiger partial charge in [-0.15, -0.1) is 0 Å². The van der Waals surface area contributed by atoms with E-state index in [4.69, 9.17) is 9.47 Å². The number of aromatic nitrogens is 2. The lowest BCUT2D eigenvalue weighted by atomic mass is 10.1. The quantitative estimate of drug-likeness (QED) is 0.901. The summed E-state index contributed by atoms with van der Waals surface area (Å²) >= 11 is 0. The first-order chi connectivity index (χ1) is 11.6. The van der Waals surface area contributed by atoms with E-state index in [9.17, 15) is 0 Å². The van der Waals surface area contributed by atoms with E-state index >= 15 is 0 Å². The van der Waals surface area contributed by atoms with Crippen LogP contribution in [0.25, 0.3) is 0 Å². The van der Waals surface area contributed by atoms with E-state index in [1.165, 1.54) is 0 Å². The second kappa shape index (κ2) is 7.62. The third kappa shape index (κ3) is 4.23. The SMILES string of the molecule is CCc1cc(Nc2ccc(OC3CCOCC3)c(C)c2)nc(C)n1. The van der Waals surface area contributed by atoms with Crippen molar-refractivity contribution in [2.24, 2.45) is 0 Å². The molecule has 128 valence electrons. The van der Waals surface area contributed by atoms with Gasteiger partial charge in [0.15, 0.2) is 0 Å². The number of hydrogen-bond donors (Lipinski definition) is 1. The van der Waals surface area contributed by atoms with E-state index in [2.05, 4.69) is 35.2 Å². The summed E-state index contributed by atoms with van der Waals surface area (Å²) in [6, 6.07) is 8.15. The number of hydrogen-bond acceptors (Lipinski definition) is 5. The Morgan fingerprint density at radius 2 is 1.96 bits per heavy atom. The molecule has 5 heteroatoms. The van der Waals surface area contributed by atoms with E-state index in [0.29, 0.717) is 0 Å². The van der Waals surface area contributed by atoms with Gasteiger partial charge in [0.05, 0.1) is 13.2 Å². The van der Waals surface area contributed by atoms with Crippen LogP contribution in [0.5, 0.6) is 5.75 Å². The van der Waals surface area contributed by atoms with Gasteiger partial charge < -0.3 is 14.8 Å². The van der Waals surface area contributed by atoms with Gasteiger partial charge in [-0.1, -0.05) is 6.92 Å².